The third kappa shape index (κ3) is 3.09. The first kappa shape index (κ1) is 13.3. The maximum absolute atomic E-state index is 11.9. The predicted octanol–water partition coefficient (Wildman–Crippen LogP) is 0.578. The Morgan fingerprint density at radius 2 is 1.75 bits per heavy atom. The van der Waals surface area contributed by atoms with Gasteiger partial charge in [-0.25, -0.2) is 4.79 Å². The standard InChI is InChI=1S/C11H22N2O3/c1-10(2,11(3,4)15)12-9(14)13-5-7-16-8-6-13/h15H,5-8H2,1-4H3,(H,12,14). The topological polar surface area (TPSA) is 61.8 Å². The summed E-state index contributed by atoms with van der Waals surface area (Å²) in [6.45, 7) is 9.37. The molecule has 1 fully saturated rings. The van der Waals surface area contributed by atoms with Crippen molar-refractivity contribution in [2.75, 3.05) is 26.3 Å². The second kappa shape index (κ2) is 4.59. The summed E-state index contributed by atoms with van der Waals surface area (Å²) in [6.07, 6.45) is 0. The molecular formula is C11H22N2O3. The van der Waals surface area contributed by atoms with Gasteiger partial charge in [-0.3, -0.25) is 0 Å². The van der Waals surface area contributed by atoms with Crippen molar-refractivity contribution in [3.05, 3.63) is 0 Å². The van der Waals surface area contributed by atoms with Crippen molar-refractivity contribution in [3.63, 3.8) is 0 Å². The molecule has 0 bridgehead atoms. The van der Waals surface area contributed by atoms with Crippen LogP contribution >= 0.6 is 0 Å². The number of hydrogen-bond acceptors (Lipinski definition) is 3. The number of carbonyl (C=O) groups excluding carboxylic acids is 1. The zero-order valence-electron chi connectivity index (χ0n) is 10.5. The zero-order chi connectivity index (χ0) is 12.4. The van der Waals surface area contributed by atoms with Crippen molar-refractivity contribution in [1.29, 1.82) is 0 Å². The van der Waals surface area contributed by atoms with Gasteiger partial charge in [-0.1, -0.05) is 0 Å². The Morgan fingerprint density at radius 1 is 1.25 bits per heavy atom. The lowest BCUT2D eigenvalue weighted by Crippen LogP contribution is -2.61. The Morgan fingerprint density at radius 3 is 2.19 bits per heavy atom. The fourth-order valence-corrected chi connectivity index (χ4v) is 1.27. The molecule has 2 amide bonds. The van der Waals surface area contributed by atoms with E-state index in [1.165, 1.54) is 0 Å². The summed E-state index contributed by atoms with van der Waals surface area (Å²) in [4.78, 5) is 13.6. The summed E-state index contributed by atoms with van der Waals surface area (Å²) in [7, 11) is 0. The third-order valence-electron chi connectivity index (χ3n) is 3.25. The fraction of sp³-hybridized carbons (Fsp3) is 0.909. The predicted molar refractivity (Wildman–Crippen MR) is 61.3 cm³/mol. The van der Waals surface area contributed by atoms with Crippen LogP contribution in [0.3, 0.4) is 0 Å². The second-order valence-corrected chi connectivity index (χ2v) is 5.21. The molecule has 1 aliphatic rings. The number of hydrogen-bond donors (Lipinski definition) is 2. The Labute approximate surface area is 96.8 Å². The largest absolute Gasteiger partial charge is 0.388 e. The monoisotopic (exact) mass is 230 g/mol. The van der Waals surface area contributed by atoms with Gasteiger partial charge in [0, 0.05) is 13.1 Å². The summed E-state index contributed by atoms with van der Waals surface area (Å²) < 4.78 is 5.18. The van der Waals surface area contributed by atoms with Gasteiger partial charge in [0.05, 0.1) is 24.4 Å². The Bertz CT molecular complexity index is 252. The quantitative estimate of drug-likeness (QED) is 0.729. The zero-order valence-corrected chi connectivity index (χ0v) is 10.5. The number of ether oxygens (including phenoxy) is 1. The van der Waals surface area contributed by atoms with Gasteiger partial charge in [0.15, 0.2) is 0 Å². The van der Waals surface area contributed by atoms with Crippen LogP contribution in [-0.4, -0.2) is 53.5 Å². The molecule has 0 saturated carbocycles. The molecule has 5 heteroatoms. The minimum atomic E-state index is -0.963. The molecule has 1 rings (SSSR count). The second-order valence-electron chi connectivity index (χ2n) is 5.21. The van der Waals surface area contributed by atoms with E-state index in [9.17, 15) is 9.90 Å². The molecule has 0 atom stereocenters. The first-order chi connectivity index (χ1) is 7.24. The average molecular weight is 230 g/mol. The highest BCUT2D eigenvalue weighted by Crippen LogP contribution is 2.20. The number of nitrogens with one attached hydrogen (secondary N) is 1. The van der Waals surface area contributed by atoms with E-state index in [2.05, 4.69) is 5.32 Å². The molecule has 0 aromatic rings. The van der Waals surface area contributed by atoms with Crippen molar-refractivity contribution in [2.24, 2.45) is 0 Å². The van der Waals surface area contributed by atoms with E-state index in [1.807, 2.05) is 13.8 Å². The maximum Gasteiger partial charge on any atom is 0.318 e. The number of aliphatic hydroxyl groups is 1. The van der Waals surface area contributed by atoms with Crippen LogP contribution in [0.4, 0.5) is 4.79 Å². The molecule has 0 unspecified atom stereocenters. The first-order valence-electron chi connectivity index (χ1n) is 5.61. The number of morpholine rings is 1. The number of urea groups is 1. The van der Waals surface area contributed by atoms with Gasteiger partial charge in [0.25, 0.3) is 0 Å². The highest BCUT2D eigenvalue weighted by Gasteiger charge is 2.37. The highest BCUT2D eigenvalue weighted by molar-refractivity contribution is 5.75. The summed E-state index contributed by atoms with van der Waals surface area (Å²) >= 11 is 0. The minimum absolute atomic E-state index is 0.143. The number of amides is 2. The van der Waals surface area contributed by atoms with Gasteiger partial charge in [-0.2, -0.15) is 0 Å². The maximum atomic E-state index is 11.9. The molecule has 0 aliphatic carbocycles. The van der Waals surface area contributed by atoms with Gasteiger partial charge < -0.3 is 20.1 Å². The summed E-state index contributed by atoms with van der Waals surface area (Å²) in [6, 6.07) is -0.143. The van der Waals surface area contributed by atoms with Crippen LogP contribution in [-0.2, 0) is 4.74 Å². The van der Waals surface area contributed by atoms with Crippen molar-refractivity contribution < 1.29 is 14.6 Å². The molecule has 94 valence electrons. The molecule has 2 N–H and O–H groups in total. The number of carbonyl (C=O) groups is 1. The first-order valence-corrected chi connectivity index (χ1v) is 5.61. The lowest BCUT2D eigenvalue weighted by molar-refractivity contribution is -0.00497. The van der Waals surface area contributed by atoms with E-state index in [4.69, 9.17) is 4.74 Å². The van der Waals surface area contributed by atoms with E-state index >= 15 is 0 Å². The van der Waals surface area contributed by atoms with Crippen LogP contribution in [0.25, 0.3) is 0 Å². The lowest BCUT2D eigenvalue weighted by atomic mass is 9.86. The SMILES string of the molecule is CC(C)(O)C(C)(C)NC(=O)N1CCOCC1. The van der Waals surface area contributed by atoms with Crippen LogP contribution in [0.5, 0.6) is 0 Å². The van der Waals surface area contributed by atoms with Gasteiger partial charge in [-0.05, 0) is 27.7 Å². The summed E-state index contributed by atoms with van der Waals surface area (Å²) in [5.41, 5.74) is -1.63. The van der Waals surface area contributed by atoms with Crippen LogP contribution < -0.4 is 5.32 Å². The molecular weight excluding hydrogens is 208 g/mol. The summed E-state index contributed by atoms with van der Waals surface area (Å²) in [5.74, 6) is 0. The van der Waals surface area contributed by atoms with E-state index in [1.54, 1.807) is 18.7 Å². The molecule has 0 radical (unpaired) electrons. The van der Waals surface area contributed by atoms with Gasteiger partial charge in [0.1, 0.15) is 0 Å². The lowest BCUT2D eigenvalue weighted by Gasteiger charge is -2.40. The van der Waals surface area contributed by atoms with Crippen LogP contribution in [0.2, 0.25) is 0 Å². The molecule has 0 aromatic carbocycles. The average Bonchev–Trinajstić information content (AvgIpc) is 2.16. The molecule has 5 nitrogen and oxygen atoms in total. The molecule has 1 saturated heterocycles. The van der Waals surface area contributed by atoms with Crippen LogP contribution in [0, 0.1) is 0 Å². The third-order valence-corrected chi connectivity index (χ3v) is 3.25. The van der Waals surface area contributed by atoms with Gasteiger partial charge in [-0.15, -0.1) is 0 Å². The van der Waals surface area contributed by atoms with Crippen LogP contribution in [0.1, 0.15) is 27.7 Å². The number of nitrogens with zero attached hydrogens (tertiary/aromatic N) is 1. The minimum Gasteiger partial charge on any atom is -0.388 e. The summed E-state index contributed by atoms with van der Waals surface area (Å²) in [5, 5.41) is 12.8. The Balaban J connectivity index is 2.56. The fourth-order valence-electron chi connectivity index (χ4n) is 1.27. The van der Waals surface area contributed by atoms with Crippen molar-refractivity contribution >= 4 is 6.03 Å². The Kier molecular flexibility index (Phi) is 3.80. The van der Waals surface area contributed by atoms with Gasteiger partial charge in [0.2, 0.25) is 0 Å². The van der Waals surface area contributed by atoms with E-state index in [0.29, 0.717) is 26.3 Å². The Hall–Kier alpha value is -0.810. The molecule has 0 spiro atoms. The van der Waals surface area contributed by atoms with E-state index < -0.39 is 11.1 Å². The van der Waals surface area contributed by atoms with Crippen LogP contribution in [0.15, 0.2) is 0 Å². The normalized spacial score (nSPS) is 18.4. The van der Waals surface area contributed by atoms with E-state index in [0.717, 1.165) is 0 Å². The van der Waals surface area contributed by atoms with Crippen molar-refractivity contribution in [1.82, 2.24) is 10.2 Å². The molecule has 1 aliphatic heterocycles. The van der Waals surface area contributed by atoms with E-state index in [-0.39, 0.29) is 6.03 Å². The van der Waals surface area contributed by atoms with Crippen molar-refractivity contribution in [3.8, 4) is 0 Å². The van der Waals surface area contributed by atoms with Gasteiger partial charge >= 0.3 is 6.03 Å². The highest BCUT2D eigenvalue weighted by atomic mass is 16.5. The number of rotatable bonds is 2. The molecule has 0 aromatic heterocycles. The molecule has 1 heterocycles. The van der Waals surface area contributed by atoms with Crippen molar-refractivity contribution in [2.45, 2.75) is 38.8 Å². The smallest absolute Gasteiger partial charge is 0.318 e. The molecule has 16 heavy (non-hydrogen) atoms.